The maximum absolute atomic E-state index is 10.9. The molecule has 0 saturated carbocycles. The lowest BCUT2D eigenvalue weighted by molar-refractivity contribution is 0.0999. The van der Waals surface area contributed by atoms with E-state index in [1.54, 1.807) is 6.07 Å². The summed E-state index contributed by atoms with van der Waals surface area (Å²) in [6.45, 7) is 1.86. The van der Waals surface area contributed by atoms with E-state index in [1.807, 2.05) is 13.0 Å². The van der Waals surface area contributed by atoms with E-state index in [1.165, 1.54) is 0 Å². The zero-order valence-electron chi connectivity index (χ0n) is 6.40. The first-order valence-corrected chi connectivity index (χ1v) is 5.15. The third-order valence-electron chi connectivity index (χ3n) is 1.57. The van der Waals surface area contributed by atoms with Gasteiger partial charge in [-0.05, 0) is 47.2 Å². The van der Waals surface area contributed by atoms with Gasteiger partial charge >= 0.3 is 0 Å². The Kier molecular flexibility index (Phi) is 3.11. The van der Waals surface area contributed by atoms with E-state index in [4.69, 9.17) is 5.73 Å². The molecule has 12 heavy (non-hydrogen) atoms. The van der Waals surface area contributed by atoms with E-state index in [9.17, 15) is 4.79 Å². The van der Waals surface area contributed by atoms with Crippen molar-refractivity contribution in [3.8, 4) is 0 Å². The van der Waals surface area contributed by atoms with Crippen molar-refractivity contribution in [2.75, 3.05) is 0 Å². The van der Waals surface area contributed by atoms with Crippen LogP contribution < -0.4 is 5.73 Å². The standard InChI is InChI=1S/C8H7BrINO/c1-4-6(8(11)12)2-5(10)3-7(4)9/h2-3H,1H3,(H2,11,12). The second-order valence-corrected chi connectivity index (χ2v) is 4.52. The summed E-state index contributed by atoms with van der Waals surface area (Å²) in [7, 11) is 0. The average Bonchev–Trinajstić information content (AvgIpc) is 1.96. The summed E-state index contributed by atoms with van der Waals surface area (Å²) >= 11 is 5.50. The number of rotatable bonds is 1. The Balaban J connectivity index is 3.37. The van der Waals surface area contributed by atoms with Crippen molar-refractivity contribution in [2.45, 2.75) is 6.92 Å². The largest absolute Gasteiger partial charge is 0.366 e. The number of halogens is 2. The van der Waals surface area contributed by atoms with Crippen LogP contribution in [0.25, 0.3) is 0 Å². The lowest BCUT2D eigenvalue weighted by atomic mass is 10.1. The molecule has 4 heteroatoms. The van der Waals surface area contributed by atoms with Crippen LogP contribution in [-0.2, 0) is 0 Å². The molecule has 0 atom stereocenters. The van der Waals surface area contributed by atoms with Crippen molar-refractivity contribution in [3.05, 3.63) is 31.3 Å². The number of hydrogen-bond donors (Lipinski definition) is 1. The number of primary amides is 1. The van der Waals surface area contributed by atoms with Gasteiger partial charge in [0.1, 0.15) is 0 Å². The number of amides is 1. The molecule has 0 unspecified atom stereocenters. The number of nitrogens with two attached hydrogens (primary N) is 1. The van der Waals surface area contributed by atoms with E-state index in [2.05, 4.69) is 38.5 Å². The van der Waals surface area contributed by atoms with E-state index >= 15 is 0 Å². The first kappa shape index (κ1) is 9.98. The topological polar surface area (TPSA) is 43.1 Å². The number of carbonyl (C=O) groups excluding carboxylic acids is 1. The molecule has 0 radical (unpaired) electrons. The van der Waals surface area contributed by atoms with Gasteiger partial charge in [-0.15, -0.1) is 0 Å². The molecular formula is C8H7BrINO. The van der Waals surface area contributed by atoms with E-state index in [-0.39, 0.29) is 5.91 Å². The third-order valence-corrected chi connectivity index (χ3v) is 3.02. The van der Waals surface area contributed by atoms with Crippen LogP contribution >= 0.6 is 38.5 Å². The molecule has 0 aliphatic heterocycles. The number of carbonyl (C=O) groups is 1. The van der Waals surface area contributed by atoms with Crippen LogP contribution in [0.2, 0.25) is 0 Å². The van der Waals surface area contributed by atoms with Gasteiger partial charge < -0.3 is 5.73 Å². The van der Waals surface area contributed by atoms with Gasteiger partial charge in [0.05, 0.1) is 0 Å². The molecule has 0 aliphatic carbocycles. The Hall–Kier alpha value is -0.100. The highest BCUT2D eigenvalue weighted by molar-refractivity contribution is 14.1. The van der Waals surface area contributed by atoms with Crippen LogP contribution in [-0.4, -0.2) is 5.91 Å². The Bertz CT molecular complexity index is 338. The van der Waals surface area contributed by atoms with Crippen LogP contribution in [0, 0.1) is 10.5 Å². The molecule has 0 fully saturated rings. The lowest BCUT2D eigenvalue weighted by Gasteiger charge is -2.04. The summed E-state index contributed by atoms with van der Waals surface area (Å²) in [5, 5.41) is 0. The van der Waals surface area contributed by atoms with Gasteiger partial charge in [0.25, 0.3) is 0 Å². The molecule has 0 aromatic heterocycles. The zero-order chi connectivity index (χ0) is 9.30. The highest BCUT2D eigenvalue weighted by Crippen LogP contribution is 2.22. The average molecular weight is 340 g/mol. The van der Waals surface area contributed by atoms with Crippen molar-refractivity contribution in [2.24, 2.45) is 5.73 Å². The summed E-state index contributed by atoms with van der Waals surface area (Å²) in [5.74, 6) is -0.383. The molecule has 2 N–H and O–H groups in total. The van der Waals surface area contributed by atoms with Crippen LogP contribution in [0.3, 0.4) is 0 Å². The van der Waals surface area contributed by atoms with Gasteiger partial charge in [-0.3, -0.25) is 4.79 Å². The second kappa shape index (κ2) is 3.74. The predicted molar refractivity (Wildman–Crippen MR) is 60.1 cm³/mol. The first-order chi connectivity index (χ1) is 5.52. The van der Waals surface area contributed by atoms with Crippen molar-refractivity contribution in [1.29, 1.82) is 0 Å². The van der Waals surface area contributed by atoms with Gasteiger partial charge in [0, 0.05) is 13.6 Å². The molecule has 0 bridgehead atoms. The smallest absolute Gasteiger partial charge is 0.249 e. The second-order valence-electron chi connectivity index (χ2n) is 2.42. The van der Waals surface area contributed by atoms with Crippen LogP contribution in [0.5, 0.6) is 0 Å². The monoisotopic (exact) mass is 339 g/mol. The van der Waals surface area contributed by atoms with Crippen LogP contribution in [0.1, 0.15) is 15.9 Å². The molecule has 64 valence electrons. The normalized spacial score (nSPS) is 9.92. The minimum absolute atomic E-state index is 0.383. The summed E-state index contributed by atoms with van der Waals surface area (Å²) in [4.78, 5) is 10.9. The Labute approximate surface area is 92.8 Å². The summed E-state index contributed by atoms with van der Waals surface area (Å²) in [6, 6.07) is 3.73. The third kappa shape index (κ3) is 1.98. The predicted octanol–water partition coefficient (Wildman–Crippen LogP) is 2.46. The minimum Gasteiger partial charge on any atom is -0.366 e. The SMILES string of the molecule is Cc1c(Br)cc(I)cc1C(N)=O. The molecule has 2 nitrogen and oxygen atoms in total. The van der Waals surface area contributed by atoms with Crippen molar-refractivity contribution in [3.63, 3.8) is 0 Å². The van der Waals surface area contributed by atoms with E-state index < -0.39 is 0 Å². The lowest BCUT2D eigenvalue weighted by Crippen LogP contribution is -2.13. The highest BCUT2D eigenvalue weighted by Gasteiger charge is 2.08. The van der Waals surface area contributed by atoms with Gasteiger partial charge in [-0.1, -0.05) is 15.9 Å². The highest BCUT2D eigenvalue weighted by atomic mass is 127. The molecule has 0 heterocycles. The summed E-state index contributed by atoms with van der Waals surface area (Å²) in [5.41, 5.74) is 6.66. The zero-order valence-corrected chi connectivity index (χ0v) is 10.1. The first-order valence-electron chi connectivity index (χ1n) is 3.28. The number of hydrogen-bond acceptors (Lipinski definition) is 1. The maximum Gasteiger partial charge on any atom is 0.249 e. The number of benzene rings is 1. The Morgan fingerprint density at radius 2 is 2.17 bits per heavy atom. The molecule has 1 aromatic carbocycles. The quantitative estimate of drug-likeness (QED) is 0.785. The molecule has 0 saturated heterocycles. The molecular weight excluding hydrogens is 333 g/mol. The van der Waals surface area contributed by atoms with Crippen molar-refractivity contribution >= 4 is 44.4 Å². The molecule has 1 rings (SSSR count). The van der Waals surface area contributed by atoms with E-state index in [0.717, 1.165) is 13.6 Å². The van der Waals surface area contributed by atoms with Crippen LogP contribution in [0.15, 0.2) is 16.6 Å². The summed E-state index contributed by atoms with van der Waals surface area (Å²) < 4.78 is 1.92. The van der Waals surface area contributed by atoms with E-state index in [0.29, 0.717) is 5.56 Å². The molecule has 0 aliphatic rings. The van der Waals surface area contributed by atoms with Gasteiger partial charge in [-0.25, -0.2) is 0 Å². The van der Waals surface area contributed by atoms with Crippen molar-refractivity contribution < 1.29 is 4.79 Å². The van der Waals surface area contributed by atoms with Crippen molar-refractivity contribution in [1.82, 2.24) is 0 Å². The maximum atomic E-state index is 10.9. The minimum atomic E-state index is -0.383. The Morgan fingerprint density at radius 1 is 1.58 bits per heavy atom. The fraction of sp³-hybridized carbons (Fsp3) is 0.125. The van der Waals surface area contributed by atoms with Gasteiger partial charge in [0.2, 0.25) is 5.91 Å². The summed E-state index contributed by atoms with van der Waals surface area (Å²) in [6.07, 6.45) is 0. The molecule has 0 spiro atoms. The van der Waals surface area contributed by atoms with Crippen LogP contribution in [0.4, 0.5) is 0 Å². The van der Waals surface area contributed by atoms with Gasteiger partial charge in [0.15, 0.2) is 0 Å². The Morgan fingerprint density at radius 3 is 2.67 bits per heavy atom. The fourth-order valence-electron chi connectivity index (χ4n) is 0.902. The molecule has 1 amide bonds. The fourth-order valence-corrected chi connectivity index (χ4v) is 2.41. The molecule has 1 aromatic rings. The van der Waals surface area contributed by atoms with Gasteiger partial charge in [-0.2, -0.15) is 0 Å².